The summed E-state index contributed by atoms with van der Waals surface area (Å²) in [6.45, 7) is 3.41. The molecular weight excluding hydrogens is 533 g/mol. The number of ether oxygens (including phenoxy) is 1. The molecular formula is C30H60NO8P. The second-order valence-electron chi connectivity index (χ2n) is 10.8. The fraction of sp³-hybridized carbons (Fsp3) is 0.933. The lowest BCUT2D eigenvalue weighted by Crippen LogP contribution is -2.27. The maximum atomic E-state index is 11.9. The summed E-state index contributed by atoms with van der Waals surface area (Å²) in [6, 6.07) is 0. The number of nitrogens with one attached hydrogen (secondary N) is 1. The lowest BCUT2D eigenvalue weighted by Gasteiger charge is -2.15. The zero-order chi connectivity index (χ0) is 29.7. The van der Waals surface area contributed by atoms with E-state index in [4.69, 9.17) is 13.8 Å². The minimum atomic E-state index is -4.38. The Morgan fingerprint density at radius 2 is 1.12 bits per heavy atom. The number of hydrogen-bond donors (Lipinski definition) is 3. The third-order valence-electron chi connectivity index (χ3n) is 6.79. The smallest absolute Gasteiger partial charge is 0.463 e. The molecule has 2 atom stereocenters. The summed E-state index contributed by atoms with van der Waals surface area (Å²) in [4.78, 5) is 33.2. The predicted molar refractivity (Wildman–Crippen MR) is 160 cm³/mol. The molecule has 0 aromatic heterocycles. The largest absolute Gasteiger partial charge is 0.472 e. The third-order valence-corrected chi connectivity index (χ3v) is 7.77. The second-order valence-corrected chi connectivity index (χ2v) is 12.2. The van der Waals surface area contributed by atoms with Gasteiger partial charge in [0, 0.05) is 19.4 Å². The molecule has 238 valence electrons. The second kappa shape index (κ2) is 28.1. The normalized spacial score (nSPS) is 13.6. The van der Waals surface area contributed by atoms with E-state index >= 15 is 0 Å². The van der Waals surface area contributed by atoms with Crippen LogP contribution in [0.15, 0.2) is 0 Å². The third kappa shape index (κ3) is 28.5. The molecule has 9 nitrogen and oxygen atoms in total. The molecule has 0 aliphatic rings. The monoisotopic (exact) mass is 593 g/mol. The average Bonchev–Trinajstić information content (AvgIpc) is 2.93. The number of phosphoric acid groups is 1. The number of esters is 1. The standard InChI is InChI=1S/C30H60NO8P/c1-3-5-7-9-10-11-12-13-14-15-16-17-18-19-21-23-30(34)37-26-28(32)27-39-40(35,36)38-25-24-31-29(33)22-20-8-6-4-2/h28,32H,3-27H2,1-2H3,(H,31,33)(H,35,36). The van der Waals surface area contributed by atoms with Gasteiger partial charge >= 0.3 is 13.8 Å². The molecule has 2 unspecified atom stereocenters. The Balaban J connectivity index is 3.59. The Kier molecular flexibility index (Phi) is 27.4. The first kappa shape index (κ1) is 39.0. The van der Waals surface area contributed by atoms with Gasteiger partial charge in [0.1, 0.15) is 12.7 Å². The minimum Gasteiger partial charge on any atom is -0.463 e. The van der Waals surface area contributed by atoms with Crippen LogP contribution in [0.1, 0.15) is 149 Å². The summed E-state index contributed by atoms with van der Waals surface area (Å²) >= 11 is 0. The van der Waals surface area contributed by atoms with Crippen molar-refractivity contribution >= 4 is 19.7 Å². The van der Waals surface area contributed by atoms with Crippen LogP contribution in [0.5, 0.6) is 0 Å². The van der Waals surface area contributed by atoms with Crippen molar-refractivity contribution in [1.82, 2.24) is 5.32 Å². The highest BCUT2D eigenvalue weighted by molar-refractivity contribution is 7.47. The average molecular weight is 594 g/mol. The molecule has 10 heteroatoms. The molecule has 0 aliphatic heterocycles. The summed E-state index contributed by atoms with van der Waals surface area (Å²) in [5, 5.41) is 12.5. The minimum absolute atomic E-state index is 0.0833. The van der Waals surface area contributed by atoms with E-state index < -0.39 is 26.5 Å². The Bertz CT molecular complexity index is 649. The zero-order valence-corrected chi connectivity index (χ0v) is 26.4. The molecule has 0 heterocycles. The lowest BCUT2D eigenvalue weighted by molar-refractivity contribution is -0.147. The molecule has 40 heavy (non-hydrogen) atoms. The van der Waals surface area contributed by atoms with Gasteiger partial charge in [-0.25, -0.2) is 4.57 Å². The van der Waals surface area contributed by atoms with Gasteiger partial charge in [-0.1, -0.05) is 123 Å². The van der Waals surface area contributed by atoms with Gasteiger partial charge in [0.05, 0.1) is 13.2 Å². The van der Waals surface area contributed by atoms with Gasteiger partial charge < -0.3 is 20.1 Å². The summed E-state index contributed by atoms with van der Waals surface area (Å²) in [5.41, 5.74) is 0. The molecule has 0 rings (SSSR count). The molecule has 3 N–H and O–H groups in total. The van der Waals surface area contributed by atoms with Crippen LogP contribution in [0.2, 0.25) is 0 Å². The molecule has 0 aromatic rings. The van der Waals surface area contributed by atoms with Crippen molar-refractivity contribution in [2.45, 2.75) is 155 Å². The molecule has 0 spiro atoms. The zero-order valence-electron chi connectivity index (χ0n) is 25.5. The molecule has 0 aromatic carbocycles. The van der Waals surface area contributed by atoms with Gasteiger partial charge in [-0.3, -0.25) is 18.6 Å². The lowest BCUT2D eigenvalue weighted by atomic mass is 10.0. The molecule has 1 amide bonds. The SMILES string of the molecule is CCCCCCCCCCCCCCCCCC(=O)OCC(O)COP(=O)(O)OCCNC(=O)CCCCCC. The first-order valence-corrected chi connectivity index (χ1v) is 17.5. The van der Waals surface area contributed by atoms with Gasteiger partial charge in [-0.05, 0) is 12.8 Å². The van der Waals surface area contributed by atoms with Crippen molar-refractivity contribution in [2.75, 3.05) is 26.4 Å². The quantitative estimate of drug-likeness (QED) is 0.0447. The van der Waals surface area contributed by atoms with Crippen LogP contribution in [-0.2, 0) is 27.9 Å². The molecule has 0 fully saturated rings. The van der Waals surface area contributed by atoms with Crippen LogP contribution < -0.4 is 5.32 Å². The number of hydrogen-bond acceptors (Lipinski definition) is 7. The van der Waals surface area contributed by atoms with Crippen LogP contribution in [0, 0.1) is 0 Å². The highest BCUT2D eigenvalue weighted by atomic mass is 31.2. The molecule has 0 radical (unpaired) electrons. The first-order chi connectivity index (χ1) is 19.3. The van der Waals surface area contributed by atoms with Gasteiger partial charge in [0.2, 0.25) is 5.91 Å². The highest BCUT2D eigenvalue weighted by Crippen LogP contribution is 2.42. The van der Waals surface area contributed by atoms with Crippen molar-refractivity contribution in [1.29, 1.82) is 0 Å². The number of phosphoric ester groups is 1. The number of amides is 1. The van der Waals surface area contributed by atoms with Gasteiger partial charge in [-0.2, -0.15) is 0 Å². The van der Waals surface area contributed by atoms with Crippen LogP contribution in [-0.4, -0.2) is 54.3 Å². The summed E-state index contributed by atoms with van der Waals surface area (Å²) < 4.78 is 26.5. The van der Waals surface area contributed by atoms with Crippen LogP contribution in [0.25, 0.3) is 0 Å². The summed E-state index contributed by atoms with van der Waals surface area (Å²) in [7, 11) is -4.38. The maximum absolute atomic E-state index is 11.9. The van der Waals surface area contributed by atoms with E-state index in [9.17, 15) is 24.2 Å². The van der Waals surface area contributed by atoms with Crippen molar-refractivity contribution in [3.05, 3.63) is 0 Å². The van der Waals surface area contributed by atoms with E-state index in [2.05, 4.69) is 19.2 Å². The number of unbranched alkanes of at least 4 members (excludes halogenated alkanes) is 17. The van der Waals surface area contributed by atoms with Crippen molar-refractivity contribution < 1.29 is 37.9 Å². The maximum Gasteiger partial charge on any atom is 0.472 e. The van der Waals surface area contributed by atoms with E-state index in [0.717, 1.165) is 44.9 Å². The molecule has 0 saturated heterocycles. The van der Waals surface area contributed by atoms with Crippen molar-refractivity contribution in [3.63, 3.8) is 0 Å². The van der Waals surface area contributed by atoms with E-state index in [1.165, 1.54) is 77.0 Å². The fourth-order valence-electron chi connectivity index (χ4n) is 4.32. The van der Waals surface area contributed by atoms with E-state index in [0.29, 0.717) is 6.42 Å². The van der Waals surface area contributed by atoms with Crippen molar-refractivity contribution in [3.8, 4) is 0 Å². The summed E-state index contributed by atoms with van der Waals surface area (Å²) in [6.07, 6.45) is 22.3. The van der Waals surface area contributed by atoms with Crippen LogP contribution >= 0.6 is 7.82 Å². The molecule has 0 bridgehead atoms. The first-order valence-electron chi connectivity index (χ1n) is 16.0. The predicted octanol–water partition coefficient (Wildman–Crippen LogP) is 7.37. The van der Waals surface area contributed by atoms with Crippen LogP contribution in [0.3, 0.4) is 0 Å². The Morgan fingerprint density at radius 3 is 1.65 bits per heavy atom. The summed E-state index contributed by atoms with van der Waals surface area (Å²) in [5.74, 6) is -0.530. The van der Waals surface area contributed by atoms with Gasteiger partial charge in [0.15, 0.2) is 0 Å². The Labute approximate surface area is 244 Å². The number of aliphatic hydroxyl groups excluding tert-OH is 1. The van der Waals surface area contributed by atoms with E-state index in [1.54, 1.807) is 0 Å². The fourth-order valence-corrected chi connectivity index (χ4v) is 5.08. The van der Waals surface area contributed by atoms with Crippen LogP contribution in [0.4, 0.5) is 0 Å². The molecule has 0 saturated carbocycles. The van der Waals surface area contributed by atoms with E-state index in [1.807, 2.05) is 0 Å². The molecule has 0 aliphatic carbocycles. The number of rotatable bonds is 30. The number of carbonyl (C=O) groups is 2. The van der Waals surface area contributed by atoms with Gasteiger partial charge in [-0.15, -0.1) is 0 Å². The number of carbonyl (C=O) groups excluding carboxylic acids is 2. The number of aliphatic hydroxyl groups is 1. The van der Waals surface area contributed by atoms with E-state index in [-0.39, 0.29) is 32.1 Å². The Morgan fingerprint density at radius 1 is 0.675 bits per heavy atom. The Hall–Kier alpha value is -0.990. The topological polar surface area (TPSA) is 131 Å². The highest BCUT2D eigenvalue weighted by Gasteiger charge is 2.23. The van der Waals surface area contributed by atoms with Gasteiger partial charge in [0.25, 0.3) is 0 Å². The van der Waals surface area contributed by atoms with Crippen molar-refractivity contribution in [2.24, 2.45) is 0 Å².